The van der Waals surface area contributed by atoms with Crippen molar-refractivity contribution in [2.24, 2.45) is 7.05 Å². The Morgan fingerprint density at radius 3 is 2.58 bits per heavy atom. The number of amides is 1. The predicted molar refractivity (Wildman–Crippen MR) is 65.9 cm³/mol. The maximum absolute atomic E-state index is 11.9. The van der Waals surface area contributed by atoms with Crippen LogP contribution in [0.2, 0.25) is 0 Å². The van der Waals surface area contributed by atoms with E-state index >= 15 is 0 Å². The second kappa shape index (κ2) is 5.83. The van der Waals surface area contributed by atoms with E-state index in [-0.39, 0.29) is 5.75 Å². The number of aliphatic carboxylic acids is 1. The van der Waals surface area contributed by atoms with Crippen molar-refractivity contribution in [3.8, 4) is 0 Å². The van der Waals surface area contributed by atoms with Gasteiger partial charge in [-0.25, -0.2) is 13.2 Å². The van der Waals surface area contributed by atoms with Gasteiger partial charge in [0.1, 0.15) is 6.04 Å². The average Bonchev–Trinajstić information content (AvgIpc) is 2.60. The Balaban J connectivity index is 2.76. The fourth-order valence-corrected chi connectivity index (χ4v) is 3.04. The number of aromatic nitrogens is 2. The minimum absolute atomic E-state index is 0.315. The molecule has 1 aromatic heterocycles. The minimum Gasteiger partial charge on any atom is -0.480 e. The van der Waals surface area contributed by atoms with Crippen LogP contribution in [0.4, 0.5) is 0 Å². The van der Waals surface area contributed by atoms with Crippen molar-refractivity contribution in [1.29, 1.82) is 0 Å². The van der Waals surface area contributed by atoms with Gasteiger partial charge in [-0.3, -0.25) is 9.48 Å². The van der Waals surface area contributed by atoms with E-state index in [0.717, 1.165) is 6.92 Å². The normalized spacial score (nSPS) is 12.9. The van der Waals surface area contributed by atoms with Crippen molar-refractivity contribution in [2.45, 2.75) is 18.7 Å². The van der Waals surface area contributed by atoms with E-state index in [1.54, 1.807) is 7.05 Å². The quantitative estimate of drug-likeness (QED) is 0.688. The van der Waals surface area contributed by atoms with Crippen LogP contribution in [-0.4, -0.2) is 47.0 Å². The lowest BCUT2D eigenvalue weighted by molar-refractivity contribution is -0.140. The minimum atomic E-state index is -3.66. The van der Waals surface area contributed by atoms with E-state index in [9.17, 15) is 18.0 Å². The first kappa shape index (κ1) is 15.2. The van der Waals surface area contributed by atoms with E-state index < -0.39 is 33.5 Å². The third-order valence-corrected chi connectivity index (χ3v) is 3.86. The number of sulfone groups is 1. The molecule has 0 saturated carbocycles. The summed E-state index contributed by atoms with van der Waals surface area (Å²) < 4.78 is 25.2. The van der Waals surface area contributed by atoms with Crippen LogP contribution in [0.15, 0.2) is 12.4 Å². The van der Waals surface area contributed by atoms with Gasteiger partial charge in [0.25, 0.3) is 0 Å². The molecule has 0 spiro atoms. The Hall–Kier alpha value is -1.90. The lowest BCUT2D eigenvalue weighted by atomic mass is 10.3. The van der Waals surface area contributed by atoms with Crippen molar-refractivity contribution in [2.75, 3.05) is 5.75 Å². The van der Waals surface area contributed by atoms with Crippen LogP contribution >= 0.6 is 0 Å². The lowest BCUT2D eigenvalue weighted by Gasteiger charge is -2.13. The molecule has 2 N–H and O–H groups in total. The van der Waals surface area contributed by atoms with Gasteiger partial charge in [-0.05, 0) is 0 Å². The zero-order valence-electron chi connectivity index (χ0n) is 10.5. The van der Waals surface area contributed by atoms with Gasteiger partial charge in [0, 0.05) is 25.7 Å². The molecule has 0 aromatic carbocycles. The van der Waals surface area contributed by atoms with E-state index in [4.69, 9.17) is 5.11 Å². The third kappa shape index (κ3) is 5.08. The number of aryl methyl sites for hydroxylation is 1. The largest absolute Gasteiger partial charge is 0.480 e. The molecule has 0 aliphatic heterocycles. The van der Waals surface area contributed by atoms with Crippen molar-refractivity contribution < 1.29 is 23.1 Å². The maximum atomic E-state index is 11.9. The molecule has 0 saturated heterocycles. The van der Waals surface area contributed by atoms with E-state index in [1.807, 2.05) is 0 Å². The van der Waals surface area contributed by atoms with Gasteiger partial charge in [0.2, 0.25) is 5.91 Å². The van der Waals surface area contributed by atoms with Crippen molar-refractivity contribution in [3.05, 3.63) is 18.0 Å². The highest BCUT2D eigenvalue weighted by Crippen LogP contribution is 2.07. The van der Waals surface area contributed by atoms with E-state index in [2.05, 4.69) is 10.4 Å². The summed E-state index contributed by atoms with van der Waals surface area (Å²) in [6.45, 7) is 1.13. The second-order valence-electron chi connectivity index (χ2n) is 4.17. The van der Waals surface area contributed by atoms with Crippen molar-refractivity contribution in [3.63, 3.8) is 0 Å². The Morgan fingerprint density at radius 1 is 1.53 bits per heavy atom. The Morgan fingerprint density at radius 2 is 2.16 bits per heavy atom. The molecule has 1 heterocycles. The van der Waals surface area contributed by atoms with Gasteiger partial charge >= 0.3 is 5.97 Å². The number of hydrogen-bond acceptors (Lipinski definition) is 5. The molecule has 0 aliphatic rings. The van der Waals surface area contributed by atoms with Gasteiger partial charge in [0.15, 0.2) is 9.84 Å². The number of hydrogen-bond donors (Lipinski definition) is 2. The number of rotatable bonds is 6. The molecule has 1 amide bonds. The van der Waals surface area contributed by atoms with Crippen LogP contribution < -0.4 is 5.32 Å². The molecule has 19 heavy (non-hydrogen) atoms. The molecule has 0 aliphatic carbocycles. The second-order valence-corrected chi connectivity index (χ2v) is 6.28. The molecular weight excluding hydrogens is 274 g/mol. The molecule has 1 rings (SSSR count). The van der Waals surface area contributed by atoms with Crippen molar-refractivity contribution >= 4 is 21.7 Å². The van der Waals surface area contributed by atoms with Crippen LogP contribution in [0.5, 0.6) is 0 Å². The molecule has 8 nitrogen and oxygen atoms in total. The topological polar surface area (TPSA) is 118 Å². The van der Waals surface area contributed by atoms with Crippen LogP contribution in [0.3, 0.4) is 0 Å². The number of carbonyl (C=O) groups excluding carboxylic acids is 1. The molecular formula is C10H15N3O5S. The van der Waals surface area contributed by atoms with E-state index in [1.165, 1.54) is 17.1 Å². The highest BCUT2D eigenvalue weighted by Gasteiger charge is 2.26. The van der Waals surface area contributed by atoms with Crippen LogP contribution in [0.25, 0.3) is 0 Å². The van der Waals surface area contributed by atoms with Crippen LogP contribution in [0.1, 0.15) is 12.5 Å². The highest BCUT2D eigenvalue weighted by molar-refractivity contribution is 7.90. The van der Waals surface area contributed by atoms with Gasteiger partial charge < -0.3 is 10.4 Å². The molecule has 9 heteroatoms. The number of carboxylic acid groups (broad SMARTS) is 1. The summed E-state index contributed by atoms with van der Waals surface area (Å²) in [6.07, 6.45) is 2.93. The smallest absolute Gasteiger partial charge is 0.327 e. The first-order valence-electron chi connectivity index (χ1n) is 5.37. The number of carboxylic acids is 1. The fourth-order valence-electron chi connectivity index (χ4n) is 1.53. The number of carbonyl (C=O) groups is 2. The predicted octanol–water partition coefficient (Wildman–Crippen LogP) is -1.08. The van der Waals surface area contributed by atoms with E-state index in [0.29, 0.717) is 5.56 Å². The molecule has 1 unspecified atom stereocenters. The Kier molecular flexibility index (Phi) is 4.65. The lowest BCUT2D eigenvalue weighted by Crippen LogP contribution is -2.44. The maximum Gasteiger partial charge on any atom is 0.327 e. The number of nitrogens with zero attached hydrogens (tertiary/aromatic N) is 2. The fraction of sp³-hybridized carbons (Fsp3) is 0.500. The summed E-state index contributed by atoms with van der Waals surface area (Å²) in [5.74, 6) is -2.95. The first-order valence-corrected chi connectivity index (χ1v) is 7.19. The molecule has 0 radical (unpaired) electrons. The average molecular weight is 289 g/mol. The van der Waals surface area contributed by atoms with Crippen LogP contribution in [0, 0.1) is 0 Å². The first-order chi connectivity index (χ1) is 8.69. The summed E-state index contributed by atoms with van der Waals surface area (Å²) in [7, 11) is -2.01. The summed E-state index contributed by atoms with van der Waals surface area (Å²) >= 11 is 0. The van der Waals surface area contributed by atoms with Gasteiger partial charge in [-0.15, -0.1) is 0 Å². The van der Waals surface area contributed by atoms with Crippen molar-refractivity contribution in [1.82, 2.24) is 15.1 Å². The Labute approximate surface area is 110 Å². The van der Waals surface area contributed by atoms with Crippen LogP contribution in [-0.2, 0) is 32.2 Å². The zero-order chi connectivity index (χ0) is 14.6. The van der Waals surface area contributed by atoms with Gasteiger partial charge in [-0.1, -0.05) is 0 Å². The third-order valence-electron chi connectivity index (χ3n) is 2.24. The Bertz CT molecular complexity index is 578. The molecule has 106 valence electrons. The zero-order valence-corrected chi connectivity index (χ0v) is 11.3. The monoisotopic (exact) mass is 289 g/mol. The highest BCUT2D eigenvalue weighted by atomic mass is 32.2. The summed E-state index contributed by atoms with van der Waals surface area (Å²) in [5.41, 5.74) is 0.467. The molecule has 0 bridgehead atoms. The summed E-state index contributed by atoms with van der Waals surface area (Å²) in [4.78, 5) is 21.7. The summed E-state index contributed by atoms with van der Waals surface area (Å²) in [5, 5.41) is 14.8. The molecule has 1 aromatic rings. The molecule has 1 atom stereocenters. The standard InChI is InChI=1S/C10H15N3O5S/c1-7(14)12-9(10(15)16)6-19(17,18)5-8-3-11-13(2)4-8/h3-4,9H,5-6H2,1-2H3,(H,12,14)(H,15,16). The summed E-state index contributed by atoms with van der Waals surface area (Å²) in [6, 6.07) is -1.45. The SMILES string of the molecule is CC(=O)NC(CS(=O)(=O)Cc1cnn(C)c1)C(=O)O. The van der Waals surface area contributed by atoms with Gasteiger partial charge in [-0.2, -0.15) is 5.10 Å². The van der Waals surface area contributed by atoms with Gasteiger partial charge in [0.05, 0.1) is 17.7 Å². The number of nitrogens with one attached hydrogen (secondary N) is 1. The molecule has 0 fully saturated rings.